The molecule has 0 spiro atoms. The van der Waals surface area contributed by atoms with Crippen molar-refractivity contribution >= 4 is 28.9 Å². The molecule has 1 aliphatic rings. The van der Waals surface area contributed by atoms with Crippen LogP contribution in [0.1, 0.15) is 28.7 Å². The Morgan fingerprint density at radius 3 is 2.29 bits per heavy atom. The Morgan fingerprint density at radius 1 is 0.951 bits per heavy atom. The van der Waals surface area contributed by atoms with Crippen LogP contribution < -0.4 is 16.4 Å². The molecule has 1 fully saturated rings. The summed E-state index contributed by atoms with van der Waals surface area (Å²) in [5, 5.41) is 10.5. The number of likely N-dealkylation sites (N-methyl/N-ethyl adjacent to an activating group) is 1. The van der Waals surface area contributed by atoms with Gasteiger partial charge in [0.2, 0.25) is 0 Å². The number of benzene rings is 2. The normalized spacial score (nSPS) is 14.2. The van der Waals surface area contributed by atoms with Gasteiger partial charge in [-0.1, -0.05) is 31.2 Å². The second-order valence-electron chi connectivity index (χ2n) is 10.4. The van der Waals surface area contributed by atoms with Crippen LogP contribution in [0.2, 0.25) is 0 Å². The van der Waals surface area contributed by atoms with Crippen LogP contribution in [0.25, 0.3) is 11.1 Å². The van der Waals surface area contributed by atoms with E-state index in [9.17, 15) is 9.18 Å². The molecule has 10 nitrogen and oxygen atoms in total. The maximum Gasteiger partial charge on any atom is 0.271 e. The molecular weight excluding hydrogens is 521 g/mol. The van der Waals surface area contributed by atoms with Gasteiger partial charge in [-0.15, -0.1) is 0 Å². The Bertz CT molecular complexity index is 1510. The molecule has 1 saturated heterocycles. The first-order chi connectivity index (χ1) is 19.8. The first-order valence-corrected chi connectivity index (χ1v) is 13.8. The minimum Gasteiger partial charge on any atom is -0.364 e. The summed E-state index contributed by atoms with van der Waals surface area (Å²) in [6.45, 7) is 6.97. The number of piperazine rings is 1. The minimum absolute atomic E-state index is 0.0561. The molecule has 3 heterocycles. The number of anilines is 4. The molecule has 5 rings (SSSR count). The van der Waals surface area contributed by atoms with Gasteiger partial charge in [-0.05, 0) is 54.8 Å². The van der Waals surface area contributed by atoms with Gasteiger partial charge in [-0.25, -0.2) is 14.4 Å². The summed E-state index contributed by atoms with van der Waals surface area (Å²) in [5.74, 6) is -0.102. The number of rotatable bonds is 10. The summed E-state index contributed by atoms with van der Waals surface area (Å²) in [4.78, 5) is 25.9. The highest BCUT2D eigenvalue weighted by atomic mass is 19.1. The molecule has 0 bridgehead atoms. The number of nitrogens with two attached hydrogens (primary N) is 1. The predicted octanol–water partition coefficient (Wildman–Crippen LogP) is 3.95. The summed E-state index contributed by atoms with van der Waals surface area (Å²) in [7, 11) is 3.93. The average molecular weight is 558 g/mol. The summed E-state index contributed by atoms with van der Waals surface area (Å²) in [6, 6.07) is 13.2. The van der Waals surface area contributed by atoms with E-state index in [1.807, 2.05) is 43.3 Å². The number of amides is 1. The van der Waals surface area contributed by atoms with Crippen molar-refractivity contribution in [3.05, 3.63) is 77.6 Å². The van der Waals surface area contributed by atoms with Crippen molar-refractivity contribution in [2.45, 2.75) is 19.8 Å². The van der Waals surface area contributed by atoms with E-state index in [-0.39, 0.29) is 17.3 Å². The van der Waals surface area contributed by atoms with Gasteiger partial charge < -0.3 is 26.2 Å². The highest BCUT2D eigenvalue weighted by molar-refractivity contribution is 5.96. The summed E-state index contributed by atoms with van der Waals surface area (Å²) in [6.07, 6.45) is 4.62. The molecule has 1 aliphatic heterocycles. The lowest BCUT2D eigenvalue weighted by atomic mass is 10.0. The van der Waals surface area contributed by atoms with Crippen molar-refractivity contribution in [2.75, 3.05) is 50.4 Å². The van der Waals surface area contributed by atoms with Gasteiger partial charge in [0.25, 0.3) is 5.91 Å². The third kappa shape index (κ3) is 6.87. The van der Waals surface area contributed by atoms with Crippen molar-refractivity contribution < 1.29 is 9.18 Å². The molecule has 11 heteroatoms. The Hall–Kier alpha value is -4.35. The van der Waals surface area contributed by atoms with Crippen LogP contribution in [0.3, 0.4) is 0 Å². The SMILES string of the molecule is CCc1nc(C(N)=O)c(Nc2cnn(C)c2)nc1Nc1ccc(-c2ccc(CCN3CCN(C)CC3)c(F)c2)cc1. The first kappa shape index (κ1) is 28.2. The van der Waals surface area contributed by atoms with Crippen molar-refractivity contribution in [1.82, 2.24) is 29.5 Å². The van der Waals surface area contributed by atoms with Crippen molar-refractivity contribution in [3.8, 4) is 11.1 Å². The van der Waals surface area contributed by atoms with E-state index >= 15 is 0 Å². The molecule has 4 aromatic rings. The third-order valence-electron chi connectivity index (χ3n) is 7.33. The number of halogens is 1. The van der Waals surface area contributed by atoms with Gasteiger partial charge >= 0.3 is 0 Å². The summed E-state index contributed by atoms with van der Waals surface area (Å²) >= 11 is 0. The molecule has 1 amide bonds. The zero-order valence-electron chi connectivity index (χ0n) is 23.7. The average Bonchev–Trinajstić information content (AvgIpc) is 3.38. The Labute approximate surface area is 239 Å². The molecule has 0 saturated carbocycles. The second-order valence-corrected chi connectivity index (χ2v) is 10.4. The van der Waals surface area contributed by atoms with E-state index in [1.165, 1.54) is 0 Å². The number of carbonyl (C=O) groups excluding carboxylic acids is 1. The van der Waals surface area contributed by atoms with E-state index in [2.05, 4.69) is 42.5 Å². The molecule has 2 aromatic heterocycles. The van der Waals surface area contributed by atoms with E-state index in [1.54, 1.807) is 30.2 Å². The molecule has 41 heavy (non-hydrogen) atoms. The number of hydrogen-bond acceptors (Lipinski definition) is 8. The van der Waals surface area contributed by atoms with Gasteiger partial charge in [0, 0.05) is 51.7 Å². The van der Waals surface area contributed by atoms with E-state index < -0.39 is 5.91 Å². The zero-order chi connectivity index (χ0) is 28.9. The van der Waals surface area contributed by atoms with Gasteiger partial charge in [0.05, 0.1) is 17.6 Å². The maximum atomic E-state index is 15.0. The molecule has 214 valence electrons. The Morgan fingerprint density at radius 2 is 1.66 bits per heavy atom. The van der Waals surface area contributed by atoms with Crippen LogP contribution in [0, 0.1) is 5.82 Å². The standard InChI is InChI=1S/C30H36FN9O/c1-4-26-29(37-30(27(36-26)28(32)41)35-24-18-33-39(3)19-24)34-23-9-7-20(8-10-23)22-6-5-21(25(31)17-22)11-12-40-15-13-38(2)14-16-40/h5-10,17-19H,4,11-16H2,1-3H3,(H2,32,41)(H2,34,35,37). The van der Waals surface area contributed by atoms with E-state index in [0.717, 1.165) is 55.1 Å². The maximum absolute atomic E-state index is 15.0. The molecule has 0 radical (unpaired) electrons. The zero-order valence-corrected chi connectivity index (χ0v) is 23.7. The molecule has 0 atom stereocenters. The van der Waals surface area contributed by atoms with Crippen molar-refractivity contribution in [2.24, 2.45) is 12.8 Å². The lowest BCUT2D eigenvalue weighted by molar-refractivity contribution is 0.0996. The van der Waals surface area contributed by atoms with Crippen LogP contribution in [0.5, 0.6) is 0 Å². The number of primary amides is 1. The predicted molar refractivity (Wildman–Crippen MR) is 159 cm³/mol. The Kier molecular flexibility index (Phi) is 8.55. The van der Waals surface area contributed by atoms with Crippen LogP contribution >= 0.6 is 0 Å². The Balaban J connectivity index is 1.29. The quantitative estimate of drug-likeness (QED) is 0.268. The summed E-state index contributed by atoms with van der Waals surface area (Å²) < 4.78 is 16.6. The molecule has 2 aromatic carbocycles. The molecular formula is C30H36FN9O. The van der Waals surface area contributed by atoms with Crippen molar-refractivity contribution in [3.63, 3.8) is 0 Å². The summed E-state index contributed by atoms with van der Waals surface area (Å²) in [5.41, 5.74) is 10.2. The van der Waals surface area contributed by atoms with E-state index in [4.69, 9.17) is 5.73 Å². The largest absolute Gasteiger partial charge is 0.364 e. The molecule has 4 N–H and O–H groups in total. The number of aryl methyl sites for hydroxylation is 2. The highest BCUT2D eigenvalue weighted by Gasteiger charge is 2.18. The van der Waals surface area contributed by atoms with Crippen LogP contribution in [-0.2, 0) is 19.9 Å². The van der Waals surface area contributed by atoms with Gasteiger partial charge in [-0.3, -0.25) is 9.48 Å². The highest BCUT2D eigenvalue weighted by Crippen LogP contribution is 2.28. The van der Waals surface area contributed by atoms with Crippen molar-refractivity contribution in [1.29, 1.82) is 0 Å². The van der Waals surface area contributed by atoms with Gasteiger partial charge in [0.15, 0.2) is 17.3 Å². The molecule has 0 unspecified atom stereocenters. The number of aromatic nitrogens is 4. The molecule has 0 aliphatic carbocycles. The second kappa shape index (κ2) is 12.4. The lowest BCUT2D eigenvalue weighted by Gasteiger charge is -2.32. The van der Waals surface area contributed by atoms with Crippen LogP contribution in [-0.4, -0.2) is 75.2 Å². The van der Waals surface area contributed by atoms with Gasteiger partial charge in [-0.2, -0.15) is 5.10 Å². The van der Waals surface area contributed by atoms with E-state index in [0.29, 0.717) is 30.0 Å². The first-order valence-electron chi connectivity index (χ1n) is 13.8. The third-order valence-corrected chi connectivity index (χ3v) is 7.33. The van der Waals surface area contributed by atoms with Crippen LogP contribution in [0.4, 0.5) is 27.4 Å². The fourth-order valence-electron chi connectivity index (χ4n) is 4.86. The number of nitrogens with zero attached hydrogens (tertiary/aromatic N) is 6. The number of nitrogens with one attached hydrogen (secondary N) is 2. The topological polar surface area (TPSA) is 117 Å². The van der Waals surface area contributed by atoms with Gasteiger partial charge in [0.1, 0.15) is 5.82 Å². The number of carbonyl (C=O) groups is 1. The fraction of sp³-hybridized carbons (Fsp3) is 0.333. The fourth-order valence-corrected chi connectivity index (χ4v) is 4.86. The van der Waals surface area contributed by atoms with Crippen LogP contribution in [0.15, 0.2) is 54.9 Å². The lowest BCUT2D eigenvalue weighted by Crippen LogP contribution is -2.45. The minimum atomic E-state index is -0.674. The number of hydrogen-bond donors (Lipinski definition) is 3. The monoisotopic (exact) mass is 557 g/mol. The smallest absolute Gasteiger partial charge is 0.271 e.